The molecule has 4 nitrogen and oxygen atoms in total. The number of amides is 1. The number of hydrogen-bond donors (Lipinski definition) is 2. The molecule has 4 heteroatoms. The van der Waals surface area contributed by atoms with Crippen LogP contribution in [-0.4, -0.2) is 25.5 Å². The zero-order chi connectivity index (χ0) is 13.5. The Morgan fingerprint density at radius 1 is 1.33 bits per heavy atom. The van der Waals surface area contributed by atoms with E-state index in [1.54, 1.807) is 0 Å². The molecule has 0 heterocycles. The maximum atomic E-state index is 11.6. The van der Waals surface area contributed by atoms with Gasteiger partial charge in [-0.3, -0.25) is 4.79 Å². The molecule has 0 aromatic heterocycles. The maximum Gasteiger partial charge on any atom is 0.226 e. The molecule has 1 aromatic rings. The lowest BCUT2D eigenvalue weighted by Crippen LogP contribution is -2.29. The highest BCUT2D eigenvalue weighted by Gasteiger charge is 2.07. The number of benzene rings is 1. The molecule has 0 saturated heterocycles. The molecule has 0 aliphatic carbocycles. The standard InChI is InChI=1S/C14H23N3O/c1-4-17(10-9-15)13-7-5-12(6-8-13)16-14(18)11(2)3/h5-8,11H,4,9-10,15H2,1-3H3,(H,16,18). The smallest absolute Gasteiger partial charge is 0.226 e. The topological polar surface area (TPSA) is 58.4 Å². The summed E-state index contributed by atoms with van der Waals surface area (Å²) in [5, 5.41) is 2.88. The van der Waals surface area contributed by atoms with Gasteiger partial charge in [0.1, 0.15) is 0 Å². The lowest BCUT2D eigenvalue weighted by Gasteiger charge is -2.22. The van der Waals surface area contributed by atoms with E-state index < -0.39 is 0 Å². The van der Waals surface area contributed by atoms with E-state index in [2.05, 4.69) is 17.1 Å². The normalized spacial score (nSPS) is 10.5. The predicted octanol–water partition coefficient (Wildman–Crippen LogP) is 2.07. The van der Waals surface area contributed by atoms with Crippen molar-refractivity contribution >= 4 is 17.3 Å². The molecular weight excluding hydrogens is 226 g/mol. The molecule has 1 aromatic carbocycles. The first-order chi connectivity index (χ1) is 8.58. The SMILES string of the molecule is CCN(CCN)c1ccc(NC(=O)C(C)C)cc1. The highest BCUT2D eigenvalue weighted by Crippen LogP contribution is 2.18. The Hall–Kier alpha value is -1.55. The first-order valence-corrected chi connectivity index (χ1v) is 6.44. The third-order valence-corrected chi connectivity index (χ3v) is 2.81. The van der Waals surface area contributed by atoms with E-state index >= 15 is 0 Å². The summed E-state index contributed by atoms with van der Waals surface area (Å²) in [6, 6.07) is 7.87. The van der Waals surface area contributed by atoms with E-state index in [0.29, 0.717) is 6.54 Å². The molecule has 0 atom stereocenters. The van der Waals surface area contributed by atoms with E-state index in [9.17, 15) is 4.79 Å². The Balaban J connectivity index is 2.70. The van der Waals surface area contributed by atoms with Crippen molar-refractivity contribution in [3.05, 3.63) is 24.3 Å². The van der Waals surface area contributed by atoms with E-state index in [1.807, 2.05) is 38.1 Å². The fraction of sp³-hybridized carbons (Fsp3) is 0.500. The van der Waals surface area contributed by atoms with Gasteiger partial charge in [0, 0.05) is 36.9 Å². The van der Waals surface area contributed by atoms with E-state index in [0.717, 1.165) is 24.5 Å². The summed E-state index contributed by atoms with van der Waals surface area (Å²) < 4.78 is 0. The number of carbonyl (C=O) groups excluding carboxylic acids is 1. The summed E-state index contributed by atoms with van der Waals surface area (Å²) in [5.41, 5.74) is 7.54. The summed E-state index contributed by atoms with van der Waals surface area (Å²) in [7, 11) is 0. The van der Waals surface area contributed by atoms with E-state index in [4.69, 9.17) is 5.73 Å². The Kier molecular flexibility index (Phi) is 5.65. The van der Waals surface area contributed by atoms with Gasteiger partial charge in [0.05, 0.1) is 0 Å². The molecule has 3 N–H and O–H groups in total. The van der Waals surface area contributed by atoms with Gasteiger partial charge in [-0.05, 0) is 31.2 Å². The van der Waals surface area contributed by atoms with Crippen LogP contribution >= 0.6 is 0 Å². The van der Waals surface area contributed by atoms with Crippen molar-refractivity contribution in [1.29, 1.82) is 0 Å². The van der Waals surface area contributed by atoms with Crippen LogP contribution in [0.25, 0.3) is 0 Å². The van der Waals surface area contributed by atoms with Crippen LogP contribution in [0.5, 0.6) is 0 Å². The highest BCUT2D eigenvalue weighted by molar-refractivity contribution is 5.92. The zero-order valence-electron chi connectivity index (χ0n) is 11.4. The van der Waals surface area contributed by atoms with Crippen LogP contribution in [0.15, 0.2) is 24.3 Å². The maximum absolute atomic E-state index is 11.6. The first-order valence-electron chi connectivity index (χ1n) is 6.44. The van der Waals surface area contributed by atoms with Crippen LogP contribution in [0, 0.1) is 5.92 Å². The van der Waals surface area contributed by atoms with Crippen molar-refractivity contribution in [3.63, 3.8) is 0 Å². The Labute approximate surface area is 109 Å². The van der Waals surface area contributed by atoms with Crippen molar-refractivity contribution in [2.75, 3.05) is 29.9 Å². The van der Waals surface area contributed by atoms with Crippen LogP contribution in [-0.2, 0) is 4.79 Å². The summed E-state index contributed by atoms with van der Waals surface area (Å²) in [5.74, 6) is 0.0334. The summed E-state index contributed by atoms with van der Waals surface area (Å²) in [6.07, 6.45) is 0. The third-order valence-electron chi connectivity index (χ3n) is 2.81. The minimum Gasteiger partial charge on any atom is -0.371 e. The Morgan fingerprint density at radius 3 is 2.39 bits per heavy atom. The molecule has 0 radical (unpaired) electrons. The molecule has 0 fully saturated rings. The number of nitrogens with zero attached hydrogens (tertiary/aromatic N) is 1. The van der Waals surface area contributed by atoms with Gasteiger partial charge >= 0.3 is 0 Å². The van der Waals surface area contributed by atoms with E-state index in [1.165, 1.54) is 0 Å². The summed E-state index contributed by atoms with van der Waals surface area (Å²) in [4.78, 5) is 13.8. The minimum atomic E-state index is -0.00550. The minimum absolute atomic E-state index is 0.00550. The molecule has 100 valence electrons. The monoisotopic (exact) mass is 249 g/mol. The number of anilines is 2. The molecule has 0 aliphatic heterocycles. The fourth-order valence-electron chi connectivity index (χ4n) is 1.67. The lowest BCUT2D eigenvalue weighted by atomic mass is 10.2. The average Bonchev–Trinajstić information content (AvgIpc) is 2.37. The average molecular weight is 249 g/mol. The van der Waals surface area contributed by atoms with Gasteiger partial charge in [0.15, 0.2) is 0 Å². The van der Waals surface area contributed by atoms with Gasteiger partial charge in [-0.2, -0.15) is 0 Å². The van der Waals surface area contributed by atoms with Crippen molar-refractivity contribution in [2.24, 2.45) is 11.7 Å². The molecule has 0 aliphatic rings. The van der Waals surface area contributed by atoms with Gasteiger partial charge < -0.3 is 16.0 Å². The summed E-state index contributed by atoms with van der Waals surface area (Å²) >= 11 is 0. The van der Waals surface area contributed by atoms with Crippen molar-refractivity contribution in [2.45, 2.75) is 20.8 Å². The van der Waals surface area contributed by atoms with Crippen LogP contribution in [0.4, 0.5) is 11.4 Å². The predicted molar refractivity (Wildman–Crippen MR) is 76.9 cm³/mol. The van der Waals surface area contributed by atoms with Gasteiger partial charge in [0.25, 0.3) is 0 Å². The fourth-order valence-corrected chi connectivity index (χ4v) is 1.67. The van der Waals surface area contributed by atoms with Crippen LogP contribution in [0.1, 0.15) is 20.8 Å². The second kappa shape index (κ2) is 7.01. The molecule has 1 amide bonds. The first kappa shape index (κ1) is 14.5. The number of rotatable bonds is 6. The quantitative estimate of drug-likeness (QED) is 0.811. The van der Waals surface area contributed by atoms with Crippen LogP contribution in [0.3, 0.4) is 0 Å². The van der Waals surface area contributed by atoms with Gasteiger partial charge in [0.2, 0.25) is 5.91 Å². The van der Waals surface area contributed by atoms with Crippen molar-refractivity contribution < 1.29 is 4.79 Å². The molecule has 18 heavy (non-hydrogen) atoms. The molecular formula is C14H23N3O. The second-order valence-electron chi connectivity index (χ2n) is 4.56. The summed E-state index contributed by atoms with van der Waals surface area (Å²) in [6.45, 7) is 8.26. The second-order valence-corrected chi connectivity index (χ2v) is 4.56. The van der Waals surface area contributed by atoms with Gasteiger partial charge in [-0.25, -0.2) is 0 Å². The highest BCUT2D eigenvalue weighted by atomic mass is 16.1. The Bertz CT molecular complexity index is 373. The molecule has 0 bridgehead atoms. The van der Waals surface area contributed by atoms with Crippen molar-refractivity contribution in [1.82, 2.24) is 0 Å². The Morgan fingerprint density at radius 2 is 1.94 bits per heavy atom. The number of carbonyl (C=O) groups is 1. The van der Waals surface area contributed by atoms with Gasteiger partial charge in [-0.15, -0.1) is 0 Å². The largest absolute Gasteiger partial charge is 0.371 e. The van der Waals surface area contributed by atoms with Crippen molar-refractivity contribution in [3.8, 4) is 0 Å². The molecule has 0 unspecified atom stereocenters. The van der Waals surface area contributed by atoms with Crippen LogP contribution < -0.4 is 16.0 Å². The number of hydrogen-bond acceptors (Lipinski definition) is 3. The number of nitrogens with one attached hydrogen (secondary N) is 1. The molecule has 0 saturated carbocycles. The molecule has 0 spiro atoms. The molecule has 1 rings (SSSR count). The number of likely N-dealkylation sites (N-methyl/N-ethyl adjacent to an activating group) is 1. The third kappa shape index (κ3) is 4.04. The number of nitrogens with two attached hydrogens (primary N) is 1. The zero-order valence-corrected chi connectivity index (χ0v) is 11.4. The van der Waals surface area contributed by atoms with E-state index in [-0.39, 0.29) is 11.8 Å². The van der Waals surface area contributed by atoms with Crippen LogP contribution in [0.2, 0.25) is 0 Å². The lowest BCUT2D eigenvalue weighted by molar-refractivity contribution is -0.118. The van der Waals surface area contributed by atoms with Gasteiger partial charge in [-0.1, -0.05) is 13.8 Å².